The van der Waals surface area contributed by atoms with Crippen LogP contribution in [0.15, 0.2) is 59.1 Å². The molecule has 5 heteroatoms. The fraction of sp³-hybridized carbons (Fsp3) is 0. The summed E-state index contributed by atoms with van der Waals surface area (Å²) in [6, 6.07) is 17.6. The molecule has 0 aliphatic carbocycles. The standard InChI is InChI=1S/C14H9BrN2OS/c15-11-6-8-12(9-7-11)18-14-17-16-13(19-14)10-4-2-1-3-5-10/h1-9H. The van der Waals surface area contributed by atoms with Crippen molar-refractivity contribution in [1.82, 2.24) is 10.2 Å². The van der Waals surface area contributed by atoms with Gasteiger partial charge in [-0.05, 0) is 24.3 Å². The van der Waals surface area contributed by atoms with E-state index in [1.807, 2.05) is 54.6 Å². The molecular weight excluding hydrogens is 324 g/mol. The van der Waals surface area contributed by atoms with Gasteiger partial charge in [0.25, 0.3) is 5.19 Å². The molecule has 94 valence electrons. The largest absolute Gasteiger partial charge is 0.430 e. The zero-order valence-electron chi connectivity index (χ0n) is 9.79. The van der Waals surface area contributed by atoms with E-state index in [-0.39, 0.29) is 0 Å². The van der Waals surface area contributed by atoms with Crippen LogP contribution >= 0.6 is 27.3 Å². The zero-order valence-corrected chi connectivity index (χ0v) is 12.2. The molecule has 3 rings (SSSR count). The van der Waals surface area contributed by atoms with Crippen LogP contribution in [-0.4, -0.2) is 10.2 Å². The molecule has 0 bridgehead atoms. The van der Waals surface area contributed by atoms with Crippen molar-refractivity contribution >= 4 is 27.3 Å². The quantitative estimate of drug-likeness (QED) is 0.693. The van der Waals surface area contributed by atoms with E-state index in [9.17, 15) is 0 Å². The molecule has 2 aromatic carbocycles. The Morgan fingerprint density at radius 2 is 1.63 bits per heavy atom. The van der Waals surface area contributed by atoms with Crippen molar-refractivity contribution in [1.29, 1.82) is 0 Å². The summed E-state index contributed by atoms with van der Waals surface area (Å²) in [6.45, 7) is 0. The Kier molecular flexibility index (Phi) is 3.57. The number of hydrogen-bond donors (Lipinski definition) is 0. The van der Waals surface area contributed by atoms with Gasteiger partial charge in [-0.3, -0.25) is 0 Å². The van der Waals surface area contributed by atoms with Crippen LogP contribution < -0.4 is 4.74 Å². The molecule has 0 atom stereocenters. The number of benzene rings is 2. The molecule has 0 aliphatic heterocycles. The van der Waals surface area contributed by atoms with E-state index in [1.54, 1.807) is 0 Å². The summed E-state index contributed by atoms with van der Waals surface area (Å²) in [5.74, 6) is 0.749. The minimum Gasteiger partial charge on any atom is -0.430 e. The second-order valence-corrected chi connectivity index (χ2v) is 5.65. The first-order valence-corrected chi connectivity index (χ1v) is 7.24. The Balaban J connectivity index is 1.80. The lowest BCUT2D eigenvalue weighted by Crippen LogP contribution is -1.82. The first kappa shape index (κ1) is 12.3. The molecule has 0 unspecified atom stereocenters. The molecule has 0 saturated heterocycles. The topological polar surface area (TPSA) is 35.0 Å². The van der Waals surface area contributed by atoms with Crippen molar-refractivity contribution in [2.75, 3.05) is 0 Å². The summed E-state index contributed by atoms with van der Waals surface area (Å²) >= 11 is 4.81. The number of hydrogen-bond acceptors (Lipinski definition) is 4. The molecule has 0 aliphatic rings. The van der Waals surface area contributed by atoms with Gasteiger partial charge in [-0.25, -0.2) is 0 Å². The molecule has 0 amide bonds. The van der Waals surface area contributed by atoms with Crippen molar-refractivity contribution in [2.45, 2.75) is 0 Å². The maximum Gasteiger partial charge on any atom is 0.299 e. The molecule has 1 aromatic heterocycles. The number of nitrogens with zero attached hydrogens (tertiary/aromatic N) is 2. The SMILES string of the molecule is Brc1ccc(Oc2nnc(-c3ccccc3)s2)cc1. The molecule has 3 nitrogen and oxygen atoms in total. The lowest BCUT2D eigenvalue weighted by atomic mass is 10.2. The molecule has 1 heterocycles. The number of halogens is 1. The van der Waals surface area contributed by atoms with Crippen molar-refractivity contribution < 1.29 is 4.74 Å². The summed E-state index contributed by atoms with van der Waals surface area (Å²) in [5, 5.41) is 9.58. The minimum absolute atomic E-state index is 0.543. The third kappa shape index (κ3) is 3.00. The van der Waals surface area contributed by atoms with Crippen LogP contribution in [0.3, 0.4) is 0 Å². The molecular formula is C14H9BrN2OS. The van der Waals surface area contributed by atoms with Crippen LogP contribution in [0.25, 0.3) is 10.6 Å². The third-order valence-electron chi connectivity index (χ3n) is 2.45. The highest BCUT2D eigenvalue weighted by Gasteiger charge is 2.07. The molecule has 19 heavy (non-hydrogen) atoms. The van der Waals surface area contributed by atoms with Gasteiger partial charge in [0.2, 0.25) is 0 Å². The van der Waals surface area contributed by atoms with Crippen molar-refractivity contribution in [2.24, 2.45) is 0 Å². The van der Waals surface area contributed by atoms with Crippen LogP contribution in [-0.2, 0) is 0 Å². The van der Waals surface area contributed by atoms with E-state index in [1.165, 1.54) is 11.3 Å². The van der Waals surface area contributed by atoms with E-state index in [4.69, 9.17) is 4.74 Å². The summed E-state index contributed by atoms with van der Waals surface area (Å²) in [6.07, 6.45) is 0. The highest BCUT2D eigenvalue weighted by atomic mass is 79.9. The Labute approximate surface area is 123 Å². The van der Waals surface area contributed by atoms with Crippen molar-refractivity contribution in [3.63, 3.8) is 0 Å². The van der Waals surface area contributed by atoms with Crippen LogP contribution in [0.5, 0.6) is 10.9 Å². The van der Waals surface area contributed by atoms with Gasteiger partial charge >= 0.3 is 0 Å². The lowest BCUT2D eigenvalue weighted by molar-refractivity contribution is 0.473. The minimum atomic E-state index is 0.543. The molecule has 0 N–H and O–H groups in total. The van der Waals surface area contributed by atoms with Gasteiger partial charge in [0.15, 0.2) is 5.01 Å². The monoisotopic (exact) mass is 332 g/mol. The normalized spacial score (nSPS) is 10.4. The maximum atomic E-state index is 5.66. The summed E-state index contributed by atoms with van der Waals surface area (Å²) in [5.41, 5.74) is 1.05. The summed E-state index contributed by atoms with van der Waals surface area (Å²) < 4.78 is 6.68. The average Bonchev–Trinajstić information content (AvgIpc) is 2.91. The smallest absolute Gasteiger partial charge is 0.299 e. The zero-order chi connectivity index (χ0) is 13.1. The van der Waals surface area contributed by atoms with Crippen LogP contribution in [0.2, 0.25) is 0 Å². The van der Waals surface area contributed by atoms with E-state index in [0.29, 0.717) is 5.19 Å². The van der Waals surface area contributed by atoms with Gasteiger partial charge in [-0.2, -0.15) is 0 Å². The van der Waals surface area contributed by atoms with Gasteiger partial charge in [-0.1, -0.05) is 62.7 Å². The van der Waals surface area contributed by atoms with E-state index in [2.05, 4.69) is 26.1 Å². The van der Waals surface area contributed by atoms with Gasteiger partial charge in [-0.15, -0.1) is 5.10 Å². The van der Waals surface area contributed by atoms with Gasteiger partial charge in [0.05, 0.1) is 0 Å². The fourth-order valence-corrected chi connectivity index (χ4v) is 2.54. The average molecular weight is 333 g/mol. The third-order valence-corrected chi connectivity index (χ3v) is 3.82. The second kappa shape index (κ2) is 5.50. The predicted octanol–water partition coefficient (Wildman–Crippen LogP) is 4.76. The summed E-state index contributed by atoms with van der Waals surface area (Å²) in [7, 11) is 0. The summed E-state index contributed by atoms with van der Waals surface area (Å²) in [4.78, 5) is 0. The Morgan fingerprint density at radius 3 is 2.37 bits per heavy atom. The highest BCUT2D eigenvalue weighted by Crippen LogP contribution is 2.30. The van der Waals surface area contributed by atoms with Crippen molar-refractivity contribution in [3.05, 3.63) is 59.1 Å². The van der Waals surface area contributed by atoms with E-state index in [0.717, 1.165) is 20.8 Å². The predicted molar refractivity (Wildman–Crippen MR) is 79.6 cm³/mol. The number of aromatic nitrogens is 2. The molecule has 0 saturated carbocycles. The molecule has 0 spiro atoms. The molecule has 3 aromatic rings. The van der Waals surface area contributed by atoms with Gasteiger partial charge < -0.3 is 4.74 Å². The van der Waals surface area contributed by atoms with E-state index >= 15 is 0 Å². The van der Waals surface area contributed by atoms with Gasteiger partial charge in [0, 0.05) is 10.0 Å². The van der Waals surface area contributed by atoms with E-state index < -0.39 is 0 Å². The van der Waals surface area contributed by atoms with Crippen LogP contribution in [0.1, 0.15) is 0 Å². The maximum absolute atomic E-state index is 5.66. The Morgan fingerprint density at radius 1 is 0.895 bits per heavy atom. The molecule has 0 fully saturated rings. The first-order chi connectivity index (χ1) is 9.31. The van der Waals surface area contributed by atoms with Gasteiger partial charge in [0.1, 0.15) is 5.75 Å². The molecule has 0 radical (unpaired) electrons. The lowest BCUT2D eigenvalue weighted by Gasteiger charge is -1.99. The first-order valence-electron chi connectivity index (χ1n) is 5.63. The Hall–Kier alpha value is -1.72. The number of ether oxygens (including phenoxy) is 1. The Bertz CT molecular complexity index is 667. The second-order valence-electron chi connectivity index (χ2n) is 3.80. The van der Waals surface area contributed by atoms with Crippen LogP contribution in [0.4, 0.5) is 0 Å². The van der Waals surface area contributed by atoms with Crippen LogP contribution in [0, 0.1) is 0 Å². The number of rotatable bonds is 3. The highest BCUT2D eigenvalue weighted by molar-refractivity contribution is 9.10. The fourth-order valence-electron chi connectivity index (χ4n) is 1.55. The van der Waals surface area contributed by atoms with Crippen molar-refractivity contribution in [3.8, 4) is 21.5 Å².